The molecule has 0 saturated carbocycles. The molecule has 5 nitrogen and oxygen atoms in total. The second-order valence-corrected chi connectivity index (χ2v) is 11.1. The van der Waals surface area contributed by atoms with Gasteiger partial charge in [-0.15, -0.1) is 17.9 Å². The number of nitrogens with zero attached hydrogens (tertiary/aromatic N) is 2. The van der Waals surface area contributed by atoms with Crippen LogP contribution in [-0.4, -0.2) is 48.4 Å². The molecule has 2 aromatic carbocycles. The quantitative estimate of drug-likeness (QED) is 0.381. The molecule has 2 amide bonds. The van der Waals surface area contributed by atoms with Crippen LogP contribution in [0.1, 0.15) is 58.7 Å². The van der Waals surface area contributed by atoms with E-state index in [1.807, 2.05) is 53.4 Å². The van der Waals surface area contributed by atoms with Gasteiger partial charge >= 0.3 is 0 Å². The molecule has 0 saturated heterocycles. The number of carbonyl (C=O) groups excluding carboxylic acids is 2. The van der Waals surface area contributed by atoms with Crippen molar-refractivity contribution in [2.24, 2.45) is 0 Å². The summed E-state index contributed by atoms with van der Waals surface area (Å²) >= 11 is 1.73. The van der Waals surface area contributed by atoms with Gasteiger partial charge in [-0.25, -0.2) is 0 Å². The van der Waals surface area contributed by atoms with Gasteiger partial charge in [0.2, 0.25) is 5.91 Å². The van der Waals surface area contributed by atoms with Gasteiger partial charge in [0.25, 0.3) is 5.91 Å². The van der Waals surface area contributed by atoms with Gasteiger partial charge in [0.15, 0.2) is 0 Å². The Hall–Kier alpha value is -3.38. The first kappa shape index (κ1) is 25.7. The van der Waals surface area contributed by atoms with Crippen molar-refractivity contribution in [3.63, 3.8) is 0 Å². The molecule has 1 atom stereocenters. The fourth-order valence-corrected chi connectivity index (χ4v) is 5.56. The molecule has 2 heterocycles. The molecule has 4 rings (SSSR count). The molecule has 1 aliphatic heterocycles. The van der Waals surface area contributed by atoms with Crippen molar-refractivity contribution in [2.75, 3.05) is 26.7 Å². The molecule has 1 unspecified atom stereocenters. The van der Waals surface area contributed by atoms with E-state index in [1.54, 1.807) is 29.4 Å². The Labute approximate surface area is 218 Å². The minimum Gasteiger partial charge on any atom is -0.497 e. The number of amides is 2. The lowest BCUT2D eigenvalue weighted by Crippen LogP contribution is -2.46. The summed E-state index contributed by atoms with van der Waals surface area (Å²) < 4.78 is 5.33. The van der Waals surface area contributed by atoms with E-state index in [0.29, 0.717) is 18.7 Å². The lowest BCUT2D eigenvalue weighted by molar-refractivity contribution is -0.133. The van der Waals surface area contributed by atoms with E-state index in [-0.39, 0.29) is 29.8 Å². The molecule has 36 heavy (non-hydrogen) atoms. The van der Waals surface area contributed by atoms with Crippen LogP contribution in [0, 0.1) is 0 Å². The highest BCUT2D eigenvalue weighted by molar-refractivity contribution is 7.10. The van der Waals surface area contributed by atoms with Crippen LogP contribution in [-0.2, 0) is 16.6 Å². The van der Waals surface area contributed by atoms with Crippen molar-refractivity contribution < 1.29 is 14.3 Å². The van der Waals surface area contributed by atoms with Crippen LogP contribution in [0.15, 0.2) is 72.6 Å². The van der Waals surface area contributed by atoms with Crippen LogP contribution in [0.25, 0.3) is 0 Å². The zero-order valence-corrected chi connectivity index (χ0v) is 22.3. The third-order valence-corrected chi connectivity index (χ3v) is 7.67. The summed E-state index contributed by atoms with van der Waals surface area (Å²) in [4.78, 5) is 31.9. The van der Waals surface area contributed by atoms with Crippen LogP contribution >= 0.6 is 11.3 Å². The Morgan fingerprint density at radius 2 is 1.81 bits per heavy atom. The number of benzene rings is 2. The maximum atomic E-state index is 13.7. The van der Waals surface area contributed by atoms with E-state index in [4.69, 9.17) is 4.74 Å². The summed E-state index contributed by atoms with van der Waals surface area (Å²) in [6, 6.07) is 17.5. The predicted molar refractivity (Wildman–Crippen MR) is 146 cm³/mol. The summed E-state index contributed by atoms with van der Waals surface area (Å²) in [6.45, 7) is 11.2. The summed E-state index contributed by atoms with van der Waals surface area (Å²) in [7, 11) is 1.64. The van der Waals surface area contributed by atoms with E-state index in [0.717, 1.165) is 28.9 Å². The highest BCUT2D eigenvalue weighted by Gasteiger charge is 2.34. The Kier molecular flexibility index (Phi) is 7.65. The van der Waals surface area contributed by atoms with Gasteiger partial charge in [-0.05, 0) is 64.2 Å². The van der Waals surface area contributed by atoms with E-state index < -0.39 is 0 Å². The lowest BCUT2D eigenvalue weighted by atomic mass is 9.86. The zero-order valence-electron chi connectivity index (χ0n) is 21.5. The Balaban J connectivity index is 1.58. The summed E-state index contributed by atoms with van der Waals surface area (Å²) in [5, 5.41) is 2.09. The minimum absolute atomic E-state index is 0.00198. The van der Waals surface area contributed by atoms with E-state index in [9.17, 15) is 9.59 Å². The van der Waals surface area contributed by atoms with Crippen LogP contribution in [0.2, 0.25) is 0 Å². The van der Waals surface area contributed by atoms with Gasteiger partial charge < -0.3 is 14.5 Å². The summed E-state index contributed by atoms with van der Waals surface area (Å²) in [6.07, 6.45) is 2.48. The van der Waals surface area contributed by atoms with Gasteiger partial charge in [0, 0.05) is 23.5 Å². The molecule has 6 heteroatoms. The summed E-state index contributed by atoms with van der Waals surface area (Å²) in [5.74, 6) is 0.533. The average Bonchev–Trinajstić information content (AvgIpc) is 3.36. The van der Waals surface area contributed by atoms with Gasteiger partial charge in [0.1, 0.15) is 12.3 Å². The van der Waals surface area contributed by atoms with Crippen molar-refractivity contribution in [1.82, 2.24) is 9.80 Å². The van der Waals surface area contributed by atoms with Crippen LogP contribution in [0.3, 0.4) is 0 Å². The smallest absolute Gasteiger partial charge is 0.254 e. The van der Waals surface area contributed by atoms with Crippen LogP contribution in [0.4, 0.5) is 0 Å². The first-order valence-electron chi connectivity index (χ1n) is 12.2. The molecule has 0 bridgehead atoms. The Morgan fingerprint density at radius 1 is 1.11 bits per heavy atom. The number of methoxy groups -OCH3 is 1. The van der Waals surface area contributed by atoms with Crippen LogP contribution < -0.4 is 4.74 Å². The molecule has 0 spiro atoms. The van der Waals surface area contributed by atoms with E-state index in [2.05, 4.69) is 38.8 Å². The second-order valence-electron chi connectivity index (χ2n) is 10.1. The van der Waals surface area contributed by atoms with E-state index >= 15 is 0 Å². The Bertz CT molecular complexity index is 1220. The zero-order chi connectivity index (χ0) is 25.9. The normalized spacial score (nSPS) is 15.2. The average molecular weight is 503 g/mol. The number of rotatable bonds is 7. The molecule has 0 radical (unpaired) electrons. The SMILES string of the molecule is C=CCN(CC(=O)N1CCc2sccc2C1c1ccc(OC)cc1)C(=O)c1ccc(C(C)(C)C)cc1. The maximum absolute atomic E-state index is 13.7. The monoisotopic (exact) mass is 502 g/mol. The predicted octanol–water partition coefficient (Wildman–Crippen LogP) is 5.86. The van der Waals surface area contributed by atoms with Crippen molar-refractivity contribution in [1.29, 1.82) is 0 Å². The number of thiophene rings is 1. The molecule has 3 aromatic rings. The maximum Gasteiger partial charge on any atom is 0.254 e. The van der Waals surface area contributed by atoms with Gasteiger partial charge in [-0.1, -0.05) is 51.1 Å². The molecule has 1 aliphatic rings. The van der Waals surface area contributed by atoms with Crippen molar-refractivity contribution >= 4 is 23.2 Å². The fraction of sp³-hybridized carbons (Fsp3) is 0.333. The molecule has 0 fully saturated rings. The topological polar surface area (TPSA) is 49.9 Å². The number of hydrogen-bond donors (Lipinski definition) is 0. The van der Waals surface area contributed by atoms with Crippen molar-refractivity contribution in [3.05, 3.63) is 99.8 Å². The first-order valence-corrected chi connectivity index (χ1v) is 13.1. The summed E-state index contributed by atoms with van der Waals surface area (Å²) in [5.41, 5.74) is 3.92. The van der Waals surface area contributed by atoms with E-state index in [1.165, 1.54) is 4.88 Å². The number of hydrogen-bond acceptors (Lipinski definition) is 4. The highest BCUT2D eigenvalue weighted by atomic mass is 32.1. The molecular formula is C30H34N2O3S. The minimum atomic E-state index is -0.190. The lowest BCUT2D eigenvalue weighted by Gasteiger charge is -2.37. The molecule has 0 aliphatic carbocycles. The molecule has 1 aromatic heterocycles. The second kappa shape index (κ2) is 10.7. The molecule has 0 N–H and O–H groups in total. The third kappa shape index (κ3) is 5.39. The fourth-order valence-electron chi connectivity index (χ4n) is 4.66. The standard InChI is InChI=1S/C30H34N2O3S/c1-6-17-31(29(34)22-7-11-23(12-8-22)30(2,3)4)20-27(33)32-18-15-26-25(16-19-36-26)28(32)21-9-13-24(35-5)14-10-21/h6-14,16,19,28H,1,15,17-18,20H2,2-5H3. The van der Waals surface area contributed by atoms with Crippen molar-refractivity contribution in [3.8, 4) is 5.75 Å². The first-order chi connectivity index (χ1) is 17.2. The largest absolute Gasteiger partial charge is 0.497 e. The molecule has 188 valence electrons. The number of fused-ring (bicyclic) bond motifs is 1. The number of ether oxygens (including phenoxy) is 1. The third-order valence-electron chi connectivity index (χ3n) is 6.68. The molecular weight excluding hydrogens is 468 g/mol. The van der Waals surface area contributed by atoms with Gasteiger partial charge in [-0.3, -0.25) is 9.59 Å². The van der Waals surface area contributed by atoms with Crippen molar-refractivity contribution in [2.45, 2.75) is 38.6 Å². The van der Waals surface area contributed by atoms with Gasteiger partial charge in [0.05, 0.1) is 13.2 Å². The van der Waals surface area contributed by atoms with Gasteiger partial charge in [-0.2, -0.15) is 0 Å². The highest BCUT2D eigenvalue weighted by Crippen LogP contribution is 2.38. The Morgan fingerprint density at radius 3 is 2.42 bits per heavy atom. The van der Waals surface area contributed by atoms with Crippen LogP contribution in [0.5, 0.6) is 5.75 Å². The number of carbonyl (C=O) groups is 2.